The van der Waals surface area contributed by atoms with Gasteiger partial charge in [0.25, 0.3) is 0 Å². The van der Waals surface area contributed by atoms with Crippen molar-refractivity contribution in [3.05, 3.63) is 81.2 Å². The molecule has 5 rings (SSSR count). The van der Waals surface area contributed by atoms with E-state index in [0.29, 0.717) is 7.25 Å². The van der Waals surface area contributed by atoms with Gasteiger partial charge in [-0.15, -0.1) is 0 Å². The zero-order chi connectivity index (χ0) is 28.1. The molecule has 40 heavy (non-hydrogen) atoms. The van der Waals surface area contributed by atoms with Crippen LogP contribution in [0.25, 0.3) is 11.5 Å². The van der Waals surface area contributed by atoms with E-state index in [0.717, 1.165) is 0 Å². The number of benzene rings is 2. The van der Waals surface area contributed by atoms with Crippen molar-refractivity contribution in [2.24, 2.45) is 0 Å². The van der Waals surface area contributed by atoms with Crippen molar-refractivity contribution in [2.45, 2.75) is 98.2 Å². The van der Waals surface area contributed by atoms with Gasteiger partial charge in [-0.25, -0.2) is 0 Å². The van der Waals surface area contributed by atoms with Gasteiger partial charge in [-0.2, -0.15) is 0 Å². The van der Waals surface area contributed by atoms with Crippen LogP contribution in [0.2, 0.25) is 49.4 Å². The van der Waals surface area contributed by atoms with Crippen LogP contribution in [0.3, 0.4) is 0 Å². The molecule has 1 saturated heterocycles. The van der Waals surface area contributed by atoms with Crippen molar-refractivity contribution in [2.75, 3.05) is 0 Å². The molecule has 0 saturated carbocycles. The Morgan fingerprint density at radius 1 is 0.625 bits per heavy atom. The fourth-order valence-corrected chi connectivity index (χ4v) is 22.3. The van der Waals surface area contributed by atoms with Gasteiger partial charge in [-0.1, -0.05) is 0 Å². The van der Waals surface area contributed by atoms with Crippen molar-refractivity contribution >= 4 is 36.2 Å². The summed E-state index contributed by atoms with van der Waals surface area (Å²) in [7, 11) is -6.12. The molecule has 3 aliphatic rings. The fourth-order valence-electron chi connectivity index (χ4n) is 5.76. The molecule has 2 aromatic carbocycles. The standard InChI is InChI=1S/C32H46O2Si3.2ClH.Zr/c1-31(2,3)36(9,10)33-29-25-19-15-13-17-23(25)21-27(29)35(7,8)28-22-24-18-14-16-20-26(24)30(28)34-37(11,12)32(4,5)6;;;/h13-22H,1-12H3;2*1H;/q;;;+2/p-2. The SMILES string of the molecule is CC(C)(C)[Si](C)(C)OC1=C2[C@@H]([Zr+2][C@H]3C(=C(O[Si](C)(C)C(C)(C)C)c4ccccc43)[Si]2(C)C)c2ccccc21.[Cl-].[Cl-]. The minimum atomic E-state index is -2.09. The van der Waals surface area contributed by atoms with Gasteiger partial charge >= 0.3 is 248 Å². The summed E-state index contributed by atoms with van der Waals surface area (Å²) in [4.78, 5) is 0. The van der Waals surface area contributed by atoms with Gasteiger partial charge in [0.1, 0.15) is 0 Å². The average Bonchev–Trinajstić information content (AvgIpc) is 3.27. The molecule has 0 amide bonds. The summed E-state index contributed by atoms with van der Waals surface area (Å²) in [5, 5.41) is 3.70. The predicted octanol–water partition coefficient (Wildman–Crippen LogP) is 3.85. The van der Waals surface area contributed by atoms with Gasteiger partial charge < -0.3 is 24.8 Å². The van der Waals surface area contributed by atoms with Gasteiger partial charge in [0, 0.05) is 0 Å². The predicted molar refractivity (Wildman–Crippen MR) is 166 cm³/mol. The second-order valence-electron chi connectivity index (χ2n) is 15.0. The zero-order valence-electron chi connectivity index (χ0n) is 26.3. The average molecular weight is 709 g/mol. The van der Waals surface area contributed by atoms with Crippen molar-refractivity contribution in [3.8, 4) is 0 Å². The molecule has 0 bridgehead atoms. The summed E-state index contributed by atoms with van der Waals surface area (Å²) in [5.41, 5.74) is 5.89. The largest absolute Gasteiger partial charge is 1.00 e. The molecule has 2 aliphatic carbocycles. The molecule has 2 nitrogen and oxygen atoms in total. The Morgan fingerprint density at radius 3 is 1.27 bits per heavy atom. The van der Waals surface area contributed by atoms with Gasteiger partial charge in [-0.05, 0) is 0 Å². The first-order valence-corrected chi connectivity index (χ1v) is 25.9. The van der Waals surface area contributed by atoms with E-state index < -0.39 is 47.9 Å². The van der Waals surface area contributed by atoms with Gasteiger partial charge in [-0.3, -0.25) is 0 Å². The van der Waals surface area contributed by atoms with Crippen LogP contribution >= 0.6 is 0 Å². The second kappa shape index (κ2) is 11.0. The Labute approximate surface area is 270 Å². The first-order chi connectivity index (χ1) is 17.4. The number of rotatable bonds is 4. The number of fused-ring (bicyclic) bond motifs is 6. The van der Waals surface area contributed by atoms with Crippen molar-refractivity contribution < 1.29 is 56.9 Å². The molecule has 0 unspecified atom stereocenters. The van der Waals surface area contributed by atoms with Crippen molar-refractivity contribution in [3.63, 3.8) is 0 Å². The molecule has 8 heteroatoms. The number of hydrogen-bond donors (Lipinski definition) is 0. The monoisotopic (exact) mass is 706 g/mol. The third-order valence-electron chi connectivity index (χ3n) is 10.1. The molecule has 1 heterocycles. The quantitative estimate of drug-likeness (QED) is 0.450. The first-order valence-electron chi connectivity index (χ1n) is 14.2. The van der Waals surface area contributed by atoms with Crippen LogP contribution < -0.4 is 24.8 Å². The van der Waals surface area contributed by atoms with E-state index in [9.17, 15) is 0 Å². The molecule has 1 aliphatic heterocycles. The third-order valence-corrected chi connectivity index (χ3v) is 28.5. The van der Waals surface area contributed by atoms with Crippen LogP contribution in [0.5, 0.6) is 0 Å². The molecule has 2 atom stereocenters. The minimum Gasteiger partial charge on any atom is -1.00 e. The second-order valence-corrected chi connectivity index (χ2v) is 32.5. The third kappa shape index (κ3) is 5.30. The molecule has 2 aromatic rings. The van der Waals surface area contributed by atoms with E-state index in [1.54, 1.807) is 21.5 Å². The van der Waals surface area contributed by atoms with Gasteiger partial charge in [0.05, 0.1) is 0 Å². The number of halogens is 2. The normalized spacial score (nSPS) is 21.1. The van der Waals surface area contributed by atoms with Crippen LogP contribution in [0.1, 0.15) is 71.0 Å². The van der Waals surface area contributed by atoms with Crippen molar-refractivity contribution in [1.82, 2.24) is 0 Å². The Morgan fingerprint density at radius 2 is 0.950 bits per heavy atom. The minimum absolute atomic E-state index is 0. The molecule has 0 aromatic heterocycles. The summed E-state index contributed by atoms with van der Waals surface area (Å²) < 4.78 is 15.9. The molecule has 216 valence electrons. The summed E-state index contributed by atoms with van der Waals surface area (Å²) in [6, 6.07) is 18.4. The molecular weight excluding hydrogens is 663 g/mol. The van der Waals surface area contributed by atoms with Crippen molar-refractivity contribution in [1.29, 1.82) is 0 Å². The Balaban J connectivity index is 0.00000220. The number of hydrogen-bond acceptors (Lipinski definition) is 2. The summed E-state index contributed by atoms with van der Waals surface area (Å²) in [5.74, 6) is 2.53. The maximum Gasteiger partial charge on any atom is -1.00 e. The topological polar surface area (TPSA) is 18.5 Å². The van der Waals surface area contributed by atoms with Crippen LogP contribution in [0.15, 0.2) is 58.9 Å². The fraction of sp³-hybridized carbons (Fsp3) is 0.500. The Kier molecular flexibility index (Phi) is 9.36. The maximum absolute atomic E-state index is 7.34. The van der Waals surface area contributed by atoms with E-state index in [2.05, 4.69) is 129 Å². The van der Waals surface area contributed by atoms with E-state index in [1.165, 1.54) is 22.6 Å². The van der Waals surface area contributed by atoms with E-state index in [1.807, 2.05) is 0 Å². The van der Waals surface area contributed by atoms with Crippen LogP contribution in [-0.4, -0.2) is 24.7 Å². The zero-order valence-corrected chi connectivity index (χ0v) is 33.3. The van der Waals surface area contributed by atoms with E-state index in [4.69, 9.17) is 8.85 Å². The summed E-state index contributed by atoms with van der Waals surface area (Å²) >= 11 is -0.945. The Bertz CT molecular complexity index is 1270. The molecule has 0 N–H and O–H groups in total. The van der Waals surface area contributed by atoms with Gasteiger partial charge in [0.15, 0.2) is 0 Å². The molecular formula is C32H46Cl2O2Si3Zr. The van der Waals surface area contributed by atoms with Crippen LogP contribution in [-0.2, 0) is 32.1 Å². The molecule has 0 radical (unpaired) electrons. The summed E-state index contributed by atoms with van der Waals surface area (Å²) in [6.07, 6.45) is 0. The smallest absolute Gasteiger partial charge is 1.00 e. The Hall–Kier alpha value is -0.366. The van der Waals surface area contributed by atoms with Crippen LogP contribution in [0.4, 0.5) is 0 Å². The van der Waals surface area contributed by atoms with E-state index >= 15 is 0 Å². The number of allylic oxidation sites excluding steroid dienone is 2. The maximum atomic E-state index is 7.34. The first kappa shape index (κ1) is 34.1. The van der Waals surface area contributed by atoms with E-state index in [-0.39, 0.29) is 34.9 Å². The van der Waals surface area contributed by atoms with Crippen LogP contribution in [0, 0.1) is 0 Å². The van der Waals surface area contributed by atoms with Gasteiger partial charge in [0.2, 0.25) is 0 Å². The summed E-state index contributed by atoms with van der Waals surface area (Å²) in [6.45, 7) is 29.0. The molecule has 0 spiro atoms. The molecule has 1 fully saturated rings.